The molecule has 0 aromatic heterocycles. The summed E-state index contributed by atoms with van der Waals surface area (Å²) in [6.45, 7) is 4.44. The van der Waals surface area contributed by atoms with E-state index < -0.39 is 15.7 Å². The summed E-state index contributed by atoms with van der Waals surface area (Å²) in [6, 6.07) is 0. The van der Waals surface area contributed by atoms with E-state index >= 15 is 0 Å². The number of carbonyl (C=O) groups excluding carboxylic acids is 1. The second-order valence-electron chi connectivity index (χ2n) is 3.68. The average molecular weight is 252 g/mol. The Balaban J connectivity index is 3.44. The number of sulfone groups is 1. The Labute approximate surface area is 96.4 Å². The lowest BCUT2D eigenvalue weighted by molar-refractivity contribution is -0.122. The number of rotatable bonds is 9. The van der Waals surface area contributed by atoms with Gasteiger partial charge in [0.2, 0.25) is 5.91 Å². The van der Waals surface area contributed by atoms with Gasteiger partial charge in [-0.15, -0.1) is 0 Å². The fourth-order valence-corrected chi connectivity index (χ4v) is 1.79. The van der Waals surface area contributed by atoms with E-state index in [2.05, 4.69) is 5.32 Å². The lowest BCUT2D eigenvalue weighted by Crippen LogP contribution is -2.30. The Morgan fingerprint density at radius 3 is 2.50 bits per heavy atom. The van der Waals surface area contributed by atoms with Crippen LogP contribution in [0, 0.1) is 0 Å². The fraction of sp³-hybridized carbons (Fsp3) is 0.889. The first-order valence-corrected chi connectivity index (χ1v) is 6.86. The molecule has 0 unspecified atom stereocenters. The van der Waals surface area contributed by atoms with E-state index in [1.54, 1.807) is 13.8 Å². The van der Waals surface area contributed by atoms with Crippen molar-refractivity contribution in [3.8, 4) is 0 Å². The van der Waals surface area contributed by atoms with Gasteiger partial charge in [0.1, 0.15) is 6.61 Å². The van der Waals surface area contributed by atoms with Crippen molar-refractivity contribution in [3.05, 3.63) is 0 Å². The summed E-state index contributed by atoms with van der Waals surface area (Å²) in [5, 5.41) is 2.57. The third-order valence-corrected chi connectivity index (χ3v) is 4.16. The quantitative estimate of drug-likeness (QED) is 0.508. The van der Waals surface area contributed by atoms with Gasteiger partial charge in [0.05, 0.1) is 17.6 Å². The Hall–Kier alpha value is -0.660. The van der Waals surface area contributed by atoms with Crippen molar-refractivity contribution >= 4 is 15.7 Å². The SMILES string of the molecule is CC(C)S(=O)(=O)CCNCCOCC(N)=O. The number of ether oxygens (including phenoxy) is 1. The van der Waals surface area contributed by atoms with Gasteiger partial charge in [0.15, 0.2) is 9.84 Å². The molecule has 6 nitrogen and oxygen atoms in total. The molecule has 16 heavy (non-hydrogen) atoms. The Morgan fingerprint density at radius 1 is 1.38 bits per heavy atom. The molecule has 3 N–H and O–H groups in total. The Bertz CT molecular complexity index is 301. The monoisotopic (exact) mass is 252 g/mol. The zero-order valence-corrected chi connectivity index (χ0v) is 10.5. The minimum absolute atomic E-state index is 0.105. The van der Waals surface area contributed by atoms with Crippen molar-refractivity contribution < 1.29 is 17.9 Å². The Kier molecular flexibility index (Phi) is 7.27. The maximum absolute atomic E-state index is 11.4. The van der Waals surface area contributed by atoms with Gasteiger partial charge in [-0.05, 0) is 13.8 Å². The third-order valence-electron chi connectivity index (χ3n) is 1.95. The molecule has 0 aliphatic carbocycles. The van der Waals surface area contributed by atoms with Crippen LogP contribution in [0.15, 0.2) is 0 Å². The van der Waals surface area contributed by atoms with Crippen LogP contribution in [0.4, 0.5) is 0 Å². The molecule has 0 fully saturated rings. The molecule has 0 atom stereocenters. The maximum Gasteiger partial charge on any atom is 0.243 e. The van der Waals surface area contributed by atoms with E-state index in [-0.39, 0.29) is 17.6 Å². The van der Waals surface area contributed by atoms with E-state index in [9.17, 15) is 13.2 Å². The largest absolute Gasteiger partial charge is 0.370 e. The number of hydrogen-bond donors (Lipinski definition) is 2. The number of nitrogens with one attached hydrogen (secondary N) is 1. The van der Waals surface area contributed by atoms with Crippen molar-refractivity contribution in [3.63, 3.8) is 0 Å². The molecule has 0 rings (SSSR count). The molecule has 96 valence electrons. The Morgan fingerprint density at radius 2 is 2.00 bits per heavy atom. The van der Waals surface area contributed by atoms with Gasteiger partial charge in [-0.1, -0.05) is 0 Å². The first kappa shape index (κ1) is 15.3. The van der Waals surface area contributed by atoms with Gasteiger partial charge in [-0.3, -0.25) is 4.79 Å². The molecule has 0 aliphatic heterocycles. The molecular formula is C9H20N2O4S. The van der Waals surface area contributed by atoms with Gasteiger partial charge in [0.25, 0.3) is 0 Å². The average Bonchev–Trinajstić information content (AvgIpc) is 2.15. The van der Waals surface area contributed by atoms with Crippen molar-refractivity contribution in [2.24, 2.45) is 5.73 Å². The third kappa shape index (κ3) is 7.61. The van der Waals surface area contributed by atoms with Crippen molar-refractivity contribution in [2.45, 2.75) is 19.1 Å². The van der Waals surface area contributed by atoms with Gasteiger partial charge in [-0.2, -0.15) is 0 Å². The first-order chi connectivity index (χ1) is 7.36. The van der Waals surface area contributed by atoms with Crippen LogP contribution in [0.5, 0.6) is 0 Å². The summed E-state index contributed by atoms with van der Waals surface area (Å²) >= 11 is 0. The minimum Gasteiger partial charge on any atom is -0.370 e. The van der Waals surface area contributed by atoms with Crippen molar-refractivity contribution in [2.75, 3.05) is 32.1 Å². The highest BCUT2D eigenvalue weighted by molar-refractivity contribution is 7.92. The van der Waals surface area contributed by atoms with E-state index in [1.165, 1.54) is 0 Å². The molecule has 0 aromatic rings. The summed E-state index contributed by atoms with van der Waals surface area (Å²) in [6.07, 6.45) is 0. The van der Waals surface area contributed by atoms with Crippen LogP contribution in [0.3, 0.4) is 0 Å². The van der Waals surface area contributed by atoms with Crippen LogP contribution in [0.2, 0.25) is 0 Å². The molecule has 0 saturated heterocycles. The standard InChI is InChI=1S/C9H20N2O4S/c1-8(2)16(13,14)6-4-11-3-5-15-7-9(10)12/h8,11H,3-7H2,1-2H3,(H2,10,12). The van der Waals surface area contributed by atoms with Crippen LogP contribution in [-0.2, 0) is 19.4 Å². The van der Waals surface area contributed by atoms with Crippen LogP contribution in [-0.4, -0.2) is 51.6 Å². The molecular weight excluding hydrogens is 232 g/mol. The maximum atomic E-state index is 11.4. The summed E-state index contributed by atoms with van der Waals surface area (Å²) in [4.78, 5) is 10.3. The van der Waals surface area contributed by atoms with E-state index in [1.807, 2.05) is 0 Å². The van der Waals surface area contributed by atoms with Gasteiger partial charge >= 0.3 is 0 Å². The number of nitrogens with two attached hydrogens (primary N) is 1. The van der Waals surface area contributed by atoms with Crippen molar-refractivity contribution in [1.82, 2.24) is 5.32 Å². The second-order valence-corrected chi connectivity index (χ2v) is 6.36. The van der Waals surface area contributed by atoms with Gasteiger partial charge in [0, 0.05) is 13.1 Å². The molecule has 0 bridgehead atoms. The molecule has 7 heteroatoms. The molecule has 0 aliphatic rings. The first-order valence-electron chi connectivity index (χ1n) is 5.14. The second kappa shape index (κ2) is 7.59. The molecule has 0 spiro atoms. The number of primary amides is 1. The van der Waals surface area contributed by atoms with Crippen LogP contribution in [0.25, 0.3) is 0 Å². The normalized spacial score (nSPS) is 11.9. The zero-order valence-electron chi connectivity index (χ0n) is 9.73. The molecule has 0 aromatic carbocycles. The lowest BCUT2D eigenvalue weighted by atomic mass is 10.6. The predicted molar refractivity (Wildman–Crippen MR) is 61.8 cm³/mol. The van der Waals surface area contributed by atoms with Crippen LogP contribution < -0.4 is 11.1 Å². The molecule has 0 radical (unpaired) electrons. The van der Waals surface area contributed by atoms with E-state index in [0.29, 0.717) is 19.7 Å². The number of carbonyl (C=O) groups is 1. The lowest BCUT2D eigenvalue weighted by Gasteiger charge is -2.08. The van der Waals surface area contributed by atoms with E-state index in [0.717, 1.165) is 0 Å². The van der Waals surface area contributed by atoms with Gasteiger partial charge < -0.3 is 15.8 Å². The molecule has 0 saturated carbocycles. The predicted octanol–water partition coefficient (Wildman–Crippen LogP) is -1.10. The van der Waals surface area contributed by atoms with Gasteiger partial charge in [-0.25, -0.2) is 8.42 Å². The smallest absolute Gasteiger partial charge is 0.243 e. The molecule has 1 amide bonds. The van der Waals surface area contributed by atoms with Crippen LogP contribution >= 0.6 is 0 Å². The van der Waals surface area contributed by atoms with Crippen molar-refractivity contribution in [1.29, 1.82) is 0 Å². The highest BCUT2D eigenvalue weighted by Gasteiger charge is 2.14. The topological polar surface area (TPSA) is 98.5 Å². The highest BCUT2D eigenvalue weighted by atomic mass is 32.2. The minimum atomic E-state index is -2.98. The summed E-state index contributed by atoms with van der Waals surface area (Å²) in [5.74, 6) is -0.400. The fourth-order valence-electron chi connectivity index (χ4n) is 0.892. The summed E-state index contributed by atoms with van der Waals surface area (Å²) in [7, 11) is -2.98. The summed E-state index contributed by atoms with van der Waals surface area (Å²) in [5.41, 5.74) is 4.86. The van der Waals surface area contributed by atoms with Crippen LogP contribution in [0.1, 0.15) is 13.8 Å². The summed E-state index contributed by atoms with van der Waals surface area (Å²) < 4.78 is 27.6. The molecule has 0 heterocycles. The number of hydrogen-bond acceptors (Lipinski definition) is 5. The number of amides is 1. The zero-order chi connectivity index (χ0) is 12.6. The van der Waals surface area contributed by atoms with E-state index in [4.69, 9.17) is 10.5 Å². The highest BCUT2D eigenvalue weighted by Crippen LogP contribution is 1.98.